The number of nitrogens with zero attached hydrogens (tertiary/aromatic N) is 1. The Balaban J connectivity index is 1.86. The van der Waals surface area contributed by atoms with Crippen molar-refractivity contribution in [3.63, 3.8) is 0 Å². The summed E-state index contributed by atoms with van der Waals surface area (Å²) in [6, 6.07) is 12.7. The molecule has 0 radical (unpaired) electrons. The smallest absolute Gasteiger partial charge is 0.264 e. The van der Waals surface area contributed by atoms with Crippen molar-refractivity contribution < 1.29 is 4.79 Å². The minimum Gasteiger partial charge on any atom is -0.300 e. The molecule has 2 aromatic carbocycles. The predicted octanol–water partition coefficient (Wildman–Crippen LogP) is 5.65. The normalized spacial score (nSPS) is 17.8. The van der Waals surface area contributed by atoms with Crippen molar-refractivity contribution in [2.24, 2.45) is 4.99 Å². The Bertz CT molecular complexity index is 852. The zero-order chi connectivity index (χ0) is 16.4. The van der Waals surface area contributed by atoms with Crippen LogP contribution in [0.2, 0.25) is 10.0 Å². The molecule has 0 bridgehead atoms. The van der Waals surface area contributed by atoms with E-state index < -0.39 is 0 Å². The Morgan fingerprint density at radius 1 is 1.17 bits per heavy atom. The molecular weight excluding hydrogens is 419 g/mol. The number of rotatable bonds is 2. The minimum absolute atomic E-state index is 0.182. The maximum Gasteiger partial charge on any atom is 0.264 e. The van der Waals surface area contributed by atoms with Gasteiger partial charge in [0.2, 0.25) is 0 Å². The summed E-state index contributed by atoms with van der Waals surface area (Å²) in [6.45, 7) is 0. The first-order valence-electron chi connectivity index (χ1n) is 6.51. The topological polar surface area (TPSA) is 41.5 Å². The first kappa shape index (κ1) is 16.6. The van der Waals surface area contributed by atoms with Crippen LogP contribution in [0.3, 0.4) is 0 Å². The van der Waals surface area contributed by atoms with Gasteiger partial charge in [0.25, 0.3) is 5.91 Å². The fourth-order valence-electron chi connectivity index (χ4n) is 1.91. The molecule has 3 rings (SSSR count). The zero-order valence-corrected chi connectivity index (χ0v) is 15.4. The maximum absolute atomic E-state index is 12.1. The third kappa shape index (κ3) is 4.18. The van der Waals surface area contributed by atoms with Gasteiger partial charge in [0.1, 0.15) is 0 Å². The van der Waals surface area contributed by atoms with Gasteiger partial charge in [-0.3, -0.25) is 4.79 Å². The quantitative estimate of drug-likeness (QED) is 0.629. The molecule has 1 saturated heterocycles. The second kappa shape index (κ2) is 7.09. The van der Waals surface area contributed by atoms with Gasteiger partial charge in [0, 0.05) is 9.50 Å². The standard InChI is InChI=1S/C16H9BrCl2N2OS/c17-10-3-1-2-9(6-10)7-14-15(22)21-16(23-14)20-13-5-4-11(18)8-12(13)19/h1-8H,(H,20,21,22)/b14-7-. The number of amidine groups is 1. The Hall–Kier alpha value is -1.27. The molecule has 1 aliphatic heterocycles. The summed E-state index contributed by atoms with van der Waals surface area (Å²) in [5.41, 5.74) is 1.49. The molecule has 7 heteroatoms. The third-order valence-corrected chi connectivity index (χ3v) is 4.87. The van der Waals surface area contributed by atoms with E-state index >= 15 is 0 Å². The number of thioether (sulfide) groups is 1. The van der Waals surface area contributed by atoms with E-state index in [4.69, 9.17) is 23.2 Å². The second-order valence-electron chi connectivity index (χ2n) is 4.63. The molecule has 1 heterocycles. The fourth-order valence-corrected chi connectivity index (χ4v) is 3.61. The third-order valence-electron chi connectivity index (χ3n) is 2.93. The van der Waals surface area contributed by atoms with Crippen LogP contribution in [0, 0.1) is 0 Å². The molecule has 116 valence electrons. The van der Waals surface area contributed by atoms with Gasteiger partial charge in [0.15, 0.2) is 5.17 Å². The van der Waals surface area contributed by atoms with E-state index in [2.05, 4.69) is 26.2 Å². The Kier molecular flexibility index (Phi) is 5.11. The summed E-state index contributed by atoms with van der Waals surface area (Å²) in [4.78, 5) is 17.0. The van der Waals surface area contributed by atoms with Gasteiger partial charge in [-0.1, -0.05) is 51.3 Å². The monoisotopic (exact) mass is 426 g/mol. The highest BCUT2D eigenvalue weighted by Gasteiger charge is 2.24. The highest BCUT2D eigenvalue weighted by Crippen LogP contribution is 2.32. The van der Waals surface area contributed by atoms with Crippen molar-refractivity contribution in [2.75, 3.05) is 0 Å². The molecule has 0 aliphatic carbocycles. The molecule has 0 spiro atoms. The minimum atomic E-state index is -0.182. The van der Waals surface area contributed by atoms with Crippen LogP contribution in [0.15, 0.2) is 56.8 Å². The van der Waals surface area contributed by atoms with Crippen molar-refractivity contribution in [1.82, 2.24) is 5.32 Å². The number of carbonyl (C=O) groups is 1. The number of benzene rings is 2. The van der Waals surface area contributed by atoms with Crippen molar-refractivity contribution in [2.45, 2.75) is 0 Å². The average molecular weight is 428 g/mol. The lowest BCUT2D eigenvalue weighted by molar-refractivity contribution is -0.115. The van der Waals surface area contributed by atoms with Crippen LogP contribution in [0.5, 0.6) is 0 Å². The van der Waals surface area contributed by atoms with Crippen molar-refractivity contribution >= 4 is 73.7 Å². The van der Waals surface area contributed by atoms with E-state index in [-0.39, 0.29) is 5.91 Å². The molecule has 1 amide bonds. The number of hydrogen-bond acceptors (Lipinski definition) is 3. The molecule has 3 nitrogen and oxygen atoms in total. The van der Waals surface area contributed by atoms with E-state index in [0.717, 1.165) is 10.0 Å². The lowest BCUT2D eigenvalue weighted by Gasteiger charge is -2.00. The van der Waals surface area contributed by atoms with E-state index in [1.54, 1.807) is 18.2 Å². The highest BCUT2D eigenvalue weighted by atomic mass is 79.9. The predicted molar refractivity (Wildman–Crippen MR) is 101 cm³/mol. The molecule has 0 unspecified atom stereocenters. The summed E-state index contributed by atoms with van der Waals surface area (Å²) in [5.74, 6) is -0.182. The molecule has 0 saturated carbocycles. The number of aliphatic imine (C=N–C) groups is 1. The molecule has 0 aromatic heterocycles. The van der Waals surface area contributed by atoms with Crippen LogP contribution in [0.1, 0.15) is 5.56 Å². The summed E-state index contributed by atoms with van der Waals surface area (Å²) >= 11 is 16.6. The van der Waals surface area contributed by atoms with E-state index in [1.807, 2.05) is 30.3 Å². The van der Waals surface area contributed by atoms with Crippen molar-refractivity contribution in [3.05, 3.63) is 67.5 Å². The lowest BCUT2D eigenvalue weighted by atomic mass is 10.2. The lowest BCUT2D eigenvalue weighted by Crippen LogP contribution is -2.19. The van der Waals surface area contributed by atoms with E-state index in [9.17, 15) is 4.79 Å². The molecule has 1 N–H and O–H groups in total. The molecule has 0 atom stereocenters. The van der Waals surface area contributed by atoms with Crippen LogP contribution in [-0.4, -0.2) is 11.1 Å². The van der Waals surface area contributed by atoms with E-state index in [0.29, 0.717) is 25.8 Å². The average Bonchev–Trinajstić information content (AvgIpc) is 2.82. The number of nitrogens with one attached hydrogen (secondary N) is 1. The van der Waals surface area contributed by atoms with Crippen LogP contribution in [-0.2, 0) is 4.79 Å². The number of amides is 1. The van der Waals surface area contributed by atoms with Gasteiger partial charge in [-0.05, 0) is 53.7 Å². The largest absolute Gasteiger partial charge is 0.300 e. The van der Waals surface area contributed by atoms with Crippen LogP contribution >= 0.6 is 50.9 Å². The molecule has 23 heavy (non-hydrogen) atoms. The van der Waals surface area contributed by atoms with Crippen molar-refractivity contribution in [3.8, 4) is 0 Å². The molecule has 1 fully saturated rings. The van der Waals surface area contributed by atoms with Crippen LogP contribution in [0.25, 0.3) is 6.08 Å². The fraction of sp³-hybridized carbons (Fsp3) is 0. The number of hydrogen-bond donors (Lipinski definition) is 1. The summed E-state index contributed by atoms with van der Waals surface area (Å²) in [7, 11) is 0. The SMILES string of the molecule is O=C1NC(=Nc2ccc(Cl)cc2Cl)S/C1=C\c1cccc(Br)c1. The van der Waals surface area contributed by atoms with Crippen molar-refractivity contribution in [1.29, 1.82) is 0 Å². The van der Waals surface area contributed by atoms with E-state index in [1.165, 1.54) is 11.8 Å². The Labute approximate surface area is 155 Å². The van der Waals surface area contributed by atoms with Gasteiger partial charge >= 0.3 is 0 Å². The van der Waals surface area contributed by atoms with Gasteiger partial charge in [-0.25, -0.2) is 4.99 Å². The molecular formula is C16H9BrCl2N2OS. The van der Waals surface area contributed by atoms with Gasteiger partial charge < -0.3 is 5.32 Å². The first-order valence-corrected chi connectivity index (χ1v) is 8.88. The summed E-state index contributed by atoms with van der Waals surface area (Å²) in [6.07, 6.45) is 1.82. The first-order chi connectivity index (χ1) is 11.0. The Morgan fingerprint density at radius 2 is 2.00 bits per heavy atom. The van der Waals surface area contributed by atoms with Crippen LogP contribution in [0.4, 0.5) is 5.69 Å². The maximum atomic E-state index is 12.1. The molecule has 2 aromatic rings. The number of carbonyl (C=O) groups excluding carboxylic acids is 1. The number of halogens is 3. The van der Waals surface area contributed by atoms with Gasteiger partial charge in [0.05, 0.1) is 15.6 Å². The van der Waals surface area contributed by atoms with Crippen LogP contribution < -0.4 is 5.32 Å². The zero-order valence-electron chi connectivity index (χ0n) is 11.5. The molecule has 1 aliphatic rings. The van der Waals surface area contributed by atoms with Gasteiger partial charge in [-0.15, -0.1) is 0 Å². The summed E-state index contributed by atoms with van der Waals surface area (Å²) in [5, 5.41) is 4.19. The second-order valence-corrected chi connectivity index (χ2v) is 7.42. The van der Waals surface area contributed by atoms with Gasteiger partial charge in [-0.2, -0.15) is 0 Å². The highest BCUT2D eigenvalue weighted by molar-refractivity contribution is 9.10. The Morgan fingerprint density at radius 3 is 2.74 bits per heavy atom. The summed E-state index contributed by atoms with van der Waals surface area (Å²) < 4.78 is 0.956.